The van der Waals surface area contributed by atoms with E-state index in [9.17, 15) is 40.5 Å². The zero-order valence-electron chi connectivity index (χ0n) is 49.9. The van der Waals surface area contributed by atoms with E-state index in [0.717, 1.165) is 91.1 Å². The van der Waals surface area contributed by atoms with Gasteiger partial charge in [-0.15, -0.1) is 5.92 Å². The molecule has 2 saturated heterocycles. The highest BCUT2D eigenvalue weighted by Crippen LogP contribution is 2.58. The van der Waals surface area contributed by atoms with E-state index in [1.807, 2.05) is 58.1 Å². The van der Waals surface area contributed by atoms with Gasteiger partial charge >= 0.3 is 0 Å². The van der Waals surface area contributed by atoms with Crippen LogP contribution in [0.3, 0.4) is 0 Å². The van der Waals surface area contributed by atoms with Crippen molar-refractivity contribution in [2.24, 2.45) is 46.8 Å². The number of phenols is 2. The van der Waals surface area contributed by atoms with Gasteiger partial charge in [-0.05, 0) is 165 Å². The van der Waals surface area contributed by atoms with Gasteiger partial charge in [-0.25, -0.2) is 0 Å². The molecule has 0 radical (unpaired) electrons. The summed E-state index contributed by atoms with van der Waals surface area (Å²) in [4.78, 5) is 14.0. The van der Waals surface area contributed by atoms with Crippen LogP contribution in [0.4, 0.5) is 0 Å². The molecule has 4 fully saturated rings. The van der Waals surface area contributed by atoms with Crippen LogP contribution in [0.25, 0.3) is 10.8 Å². The fraction of sp³-hybridized carbons (Fsp3) is 0.652. The fourth-order valence-corrected chi connectivity index (χ4v) is 21.6. The molecule has 7 heterocycles. The monoisotopic (exact) mass is 1260 g/mol. The normalized spacial score (nSPS) is 35.1. The molecule has 16 nitrogen and oxygen atoms in total. The number of rotatable bonds is 6. The molecule has 86 heavy (non-hydrogen) atoms. The molecule has 17 atom stereocenters. The molecular formula is C66H89N3O13S4. The second-order valence-electron chi connectivity index (χ2n) is 25.6. The van der Waals surface area contributed by atoms with E-state index in [2.05, 4.69) is 29.4 Å². The number of methoxy groups -OCH3 is 2. The number of aromatic hydroxyl groups is 2. The van der Waals surface area contributed by atoms with E-state index >= 15 is 0 Å². The summed E-state index contributed by atoms with van der Waals surface area (Å²) in [5.41, 5.74) is 2.76. The molecule has 3 aromatic carbocycles. The molecule has 4 aromatic rings. The van der Waals surface area contributed by atoms with Crippen LogP contribution in [0, 0.1) is 58.7 Å². The van der Waals surface area contributed by atoms with Crippen LogP contribution in [0.5, 0.6) is 28.7 Å². The highest BCUT2D eigenvalue weighted by molar-refractivity contribution is 8.77. The van der Waals surface area contributed by atoms with Gasteiger partial charge in [0.1, 0.15) is 13.5 Å². The lowest BCUT2D eigenvalue weighted by Gasteiger charge is -2.54. The minimum atomic E-state index is -1.08. The van der Waals surface area contributed by atoms with Crippen molar-refractivity contribution in [3.05, 3.63) is 77.1 Å². The molecule has 17 unspecified atom stereocenters. The Labute approximate surface area is 522 Å². The number of aliphatic hydroxyl groups excluding tert-OH is 5. The zero-order valence-corrected chi connectivity index (χ0v) is 53.1. The number of aliphatic hydroxyl groups is 5. The Morgan fingerprint density at radius 1 is 0.837 bits per heavy atom. The average Bonchev–Trinajstić information content (AvgIpc) is 0.997. The van der Waals surface area contributed by atoms with Crippen LogP contribution in [0.2, 0.25) is 0 Å². The lowest BCUT2D eigenvalue weighted by Crippen LogP contribution is -2.53. The Morgan fingerprint density at radius 2 is 1.65 bits per heavy atom. The van der Waals surface area contributed by atoms with Crippen molar-refractivity contribution in [3.8, 4) is 40.6 Å². The van der Waals surface area contributed by atoms with E-state index in [4.69, 9.17) is 23.7 Å². The molecule has 2 saturated carbocycles. The number of carbonyl (C=O) groups is 1. The number of nitrogens with zero attached hydrogens (tertiary/aromatic N) is 1. The molecule has 6 aliphatic heterocycles. The van der Waals surface area contributed by atoms with Crippen LogP contribution in [-0.4, -0.2) is 140 Å². The third kappa shape index (κ3) is 14.2. The van der Waals surface area contributed by atoms with E-state index in [0.29, 0.717) is 67.6 Å². The largest absolute Gasteiger partial charge is 0.504 e. The molecular weight excluding hydrogens is 1170 g/mol. The maximum atomic E-state index is 14.0. The Kier molecular flexibility index (Phi) is 21.6. The van der Waals surface area contributed by atoms with Crippen LogP contribution >= 0.6 is 43.2 Å². The minimum Gasteiger partial charge on any atom is -0.504 e. The Morgan fingerprint density at radius 3 is 2.47 bits per heavy atom. The third-order valence-electron chi connectivity index (χ3n) is 20.3. The predicted molar refractivity (Wildman–Crippen MR) is 340 cm³/mol. The fourth-order valence-electron chi connectivity index (χ4n) is 16.0. The topological polar surface area (TPSA) is 234 Å². The van der Waals surface area contributed by atoms with E-state index in [1.54, 1.807) is 22.9 Å². The number of hydrogen-bond acceptors (Lipinski definition) is 18. The standard InChI is InChI=1S/C66H89N3O13S4/c1-38-11-13-42-14-18-54(71)63-50-33-83-84-34-53-46-17-16-44(26-51(46)66(42,30-38)19-4-5-20-67-53)82-59-25-40-12-15-43(81-37-70)27-55(72)48(22-39-23-60(78-2)64(76)61(24-39)79-3)58(75)35-85-86-62(47(40)28-57(59)74)29-56(73)45-9-6-8-41-31-69(32-49(41)45)36-80-21-7-10-52(63)68-65(50)77/h6,8-9,23-25,28,31-32,38,42-44,46,48,50-56,58,62-63,67,70-76H,5,7,10-18,20-22,26-27,29-30,33-37H2,1-3H3,(H,68,77). The molecule has 20 heteroatoms. The SMILES string of the molecule is COc1cc(CC2C(O)CSSC3CC(O)c4cccc5cn(cc45)COCCCC4NC(=O)C5CSSCC6NCCC#CC7(CC(C)CCC7CCC(O)C45)C4CC(CCC64)Oc4cc(c3cc4O)CCC(OCO)CC2O)cc(OC)c1O. The van der Waals surface area contributed by atoms with Crippen molar-refractivity contribution in [1.82, 2.24) is 15.2 Å². The third-order valence-corrected chi connectivity index (χ3v) is 25.6. The number of aromatic nitrogens is 1. The number of nitrogens with one attached hydrogen (secondary N) is 2. The Hall–Kier alpha value is -3.69. The van der Waals surface area contributed by atoms with Crippen molar-refractivity contribution < 1.29 is 64.2 Å². The molecule has 12 rings (SSSR count). The Bertz CT molecular complexity index is 2990. The van der Waals surface area contributed by atoms with Crippen molar-refractivity contribution in [3.63, 3.8) is 0 Å². The second-order valence-corrected chi connectivity index (χ2v) is 30.7. The van der Waals surface area contributed by atoms with E-state index in [-0.39, 0.29) is 108 Å². The quantitative estimate of drug-likeness (QED) is 0.0496. The number of carbonyl (C=O) groups excluding carboxylic acids is 1. The first kappa shape index (κ1) is 63.9. The van der Waals surface area contributed by atoms with Crippen molar-refractivity contribution in [2.75, 3.05) is 51.4 Å². The first-order valence-corrected chi connectivity index (χ1v) is 36.2. The Balaban J connectivity index is 0.981. The zero-order chi connectivity index (χ0) is 60.1. The molecule has 11 bridgehead atoms. The van der Waals surface area contributed by atoms with Gasteiger partial charge in [0.05, 0.1) is 56.8 Å². The lowest BCUT2D eigenvalue weighted by molar-refractivity contribution is -0.123. The lowest BCUT2D eigenvalue weighted by atomic mass is 9.51. The number of fused-ring (bicyclic) bond motifs is 6. The van der Waals surface area contributed by atoms with Gasteiger partial charge in [0.2, 0.25) is 11.7 Å². The van der Waals surface area contributed by atoms with Gasteiger partial charge in [-0.1, -0.05) is 80.6 Å². The predicted octanol–water partition coefficient (Wildman–Crippen LogP) is 9.85. The number of ether oxygens (including phenoxy) is 5. The maximum absolute atomic E-state index is 14.0. The van der Waals surface area contributed by atoms with Gasteiger partial charge < -0.3 is 74.6 Å². The van der Waals surface area contributed by atoms with Crippen molar-refractivity contribution in [2.45, 2.75) is 170 Å². The summed E-state index contributed by atoms with van der Waals surface area (Å²) in [5.74, 6) is 10.1. The highest BCUT2D eigenvalue weighted by Gasteiger charge is 2.54. The first-order chi connectivity index (χ1) is 41.7. The van der Waals surface area contributed by atoms with Crippen molar-refractivity contribution >= 4 is 59.9 Å². The van der Waals surface area contributed by atoms with Crippen molar-refractivity contribution in [1.29, 1.82) is 0 Å². The summed E-state index contributed by atoms with van der Waals surface area (Å²) < 4.78 is 32.6. The molecule has 1 aromatic heterocycles. The van der Waals surface area contributed by atoms with Gasteiger partial charge in [0, 0.05) is 89.2 Å². The molecule has 9 N–H and O–H groups in total. The van der Waals surface area contributed by atoms with Gasteiger partial charge in [0.15, 0.2) is 23.0 Å². The molecule has 1 amide bonds. The minimum absolute atomic E-state index is 0.00343. The van der Waals surface area contributed by atoms with Gasteiger partial charge in [-0.3, -0.25) is 4.79 Å². The van der Waals surface area contributed by atoms with Crippen LogP contribution in [-0.2, 0) is 33.8 Å². The summed E-state index contributed by atoms with van der Waals surface area (Å²) >= 11 is 0. The number of phenolic OH excluding ortho intramolecular Hbond substituents is 2. The molecule has 8 aliphatic rings. The number of amides is 1. The van der Waals surface area contributed by atoms with Crippen LogP contribution in [0.1, 0.15) is 130 Å². The van der Waals surface area contributed by atoms with E-state index in [1.165, 1.54) is 35.8 Å². The summed E-state index contributed by atoms with van der Waals surface area (Å²) in [6.45, 7) is 3.34. The molecule has 470 valence electrons. The number of aryl methyl sites for hydroxylation is 1. The first-order valence-electron chi connectivity index (χ1n) is 31.4. The number of benzene rings is 3. The second kappa shape index (κ2) is 29.1. The highest BCUT2D eigenvalue weighted by atomic mass is 33.1. The van der Waals surface area contributed by atoms with Gasteiger partial charge in [0.25, 0.3) is 0 Å². The molecule has 2 aliphatic carbocycles. The number of hydrogen-bond donors (Lipinski definition) is 9. The summed E-state index contributed by atoms with van der Waals surface area (Å²) in [5, 5.41) is 91.9. The maximum Gasteiger partial charge on any atom is 0.224 e. The smallest absolute Gasteiger partial charge is 0.224 e. The van der Waals surface area contributed by atoms with Gasteiger partial charge in [-0.2, -0.15) is 0 Å². The van der Waals surface area contributed by atoms with Crippen LogP contribution in [0.15, 0.2) is 54.9 Å². The summed E-state index contributed by atoms with van der Waals surface area (Å²) in [6.07, 6.45) is 9.76. The van der Waals surface area contributed by atoms with E-state index < -0.39 is 48.5 Å². The molecule has 1 spiro atoms. The summed E-state index contributed by atoms with van der Waals surface area (Å²) in [6, 6.07) is 13.1. The average molecular weight is 1260 g/mol. The van der Waals surface area contributed by atoms with Crippen LogP contribution < -0.4 is 24.8 Å². The summed E-state index contributed by atoms with van der Waals surface area (Å²) in [7, 11) is 9.46.